The molecule has 0 saturated heterocycles. The molecule has 3 atom stereocenters. The topological polar surface area (TPSA) is 81.2 Å². The predicted molar refractivity (Wildman–Crippen MR) is 161 cm³/mol. The van der Waals surface area contributed by atoms with Crippen molar-refractivity contribution < 1.29 is 50.2 Å². The normalized spacial score (nSPS) is 17.2. The highest BCUT2D eigenvalue weighted by molar-refractivity contribution is 6.03. The van der Waals surface area contributed by atoms with E-state index in [0.717, 1.165) is 11.8 Å². The first-order valence-corrected chi connectivity index (χ1v) is 14.7. The van der Waals surface area contributed by atoms with E-state index in [1.807, 2.05) is 0 Å². The van der Waals surface area contributed by atoms with Gasteiger partial charge in [-0.25, -0.2) is 10.0 Å². The molecule has 3 unspecified atom stereocenters. The molecule has 0 radical (unpaired) electrons. The third-order valence-electron chi connectivity index (χ3n) is 7.86. The van der Waals surface area contributed by atoms with Crippen LogP contribution in [0.15, 0.2) is 97.2 Å². The number of aliphatic hydroxyl groups excluding tert-OH is 1. The van der Waals surface area contributed by atoms with E-state index >= 15 is 8.78 Å². The molecule has 0 fully saturated rings. The van der Waals surface area contributed by atoms with Gasteiger partial charge in [0.2, 0.25) is 5.91 Å². The zero-order valence-electron chi connectivity index (χ0n) is 25.9. The Kier molecular flexibility index (Phi) is 10.4. The van der Waals surface area contributed by atoms with Crippen molar-refractivity contribution in [3.63, 3.8) is 0 Å². The molecule has 1 N–H and O–H groups in total. The SMILES string of the molecule is CC(=O)N(C(Cc1ccccc1)C(O)C(F)(F)C(F)(F)C(F)(F)F)N1C(=O)C(C(C)C)N(C(=O)c2ccccc2)C=C1c1ccccc1. The van der Waals surface area contributed by atoms with Gasteiger partial charge in [-0.1, -0.05) is 92.7 Å². The van der Waals surface area contributed by atoms with E-state index in [2.05, 4.69) is 0 Å². The van der Waals surface area contributed by atoms with Crippen molar-refractivity contribution in [1.82, 2.24) is 14.9 Å². The van der Waals surface area contributed by atoms with E-state index in [4.69, 9.17) is 0 Å². The number of halogens is 7. The van der Waals surface area contributed by atoms with Crippen LogP contribution in [0.25, 0.3) is 5.70 Å². The number of alkyl halides is 7. The summed E-state index contributed by atoms with van der Waals surface area (Å²) in [5.74, 6) is -16.6. The minimum Gasteiger partial charge on any atom is -0.384 e. The largest absolute Gasteiger partial charge is 0.459 e. The molecule has 3 aromatic rings. The maximum Gasteiger partial charge on any atom is 0.459 e. The van der Waals surface area contributed by atoms with E-state index in [9.17, 15) is 41.4 Å². The first-order valence-electron chi connectivity index (χ1n) is 14.7. The summed E-state index contributed by atoms with van der Waals surface area (Å²) in [6.07, 6.45) is -10.3. The molecular weight excluding hydrogens is 647 g/mol. The van der Waals surface area contributed by atoms with Crippen molar-refractivity contribution in [2.24, 2.45) is 5.92 Å². The highest BCUT2D eigenvalue weighted by Gasteiger charge is 2.76. The number of carbonyl (C=O) groups excluding carboxylic acids is 3. The third kappa shape index (κ3) is 6.80. The van der Waals surface area contributed by atoms with Gasteiger partial charge in [0.15, 0.2) is 0 Å². The molecule has 3 aromatic carbocycles. The van der Waals surface area contributed by atoms with Crippen LogP contribution in [0.1, 0.15) is 42.3 Å². The number of hydrogen-bond donors (Lipinski definition) is 1. The summed E-state index contributed by atoms with van der Waals surface area (Å²) in [5.41, 5.74) is 0.108. The number of hydrogen-bond acceptors (Lipinski definition) is 4. The molecule has 1 aliphatic heterocycles. The number of benzene rings is 3. The van der Waals surface area contributed by atoms with Gasteiger partial charge in [-0.2, -0.15) is 30.7 Å². The molecule has 256 valence electrons. The Labute approximate surface area is 271 Å². The molecule has 7 nitrogen and oxygen atoms in total. The minimum absolute atomic E-state index is 0.0647. The summed E-state index contributed by atoms with van der Waals surface area (Å²) in [7, 11) is 0. The van der Waals surface area contributed by atoms with E-state index in [1.54, 1.807) is 38.1 Å². The first kappa shape index (κ1) is 36.1. The second-order valence-electron chi connectivity index (χ2n) is 11.6. The van der Waals surface area contributed by atoms with Crippen LogP contribution < -0.4 is 0 Å². The van der Waals surface area contributed by atoms with Crippen molar-refractivity contribution >= 4 is 23.4 Å². The van der Waals surface area contributed by atoms with Gasteiger partial charge >= 0.3 is 18.0 Å². The van der Waals surface area contributed by atoms with E-state index in [-0.39, 0.29) is 27.4 Å². The Morgan fingerprint density at radius 3 is 1.81 bits per heavy atom. The molecule has 0 spiro atoms. The van der Waals surface area contributed by atoms with Gasteiger partial charge in [-0.05, 0) is 30.0 Å². The molecule has 1 heterocycles. The molecule has 48 heavy (non-hydrogen) atoms. The maximum atomic E-state index is 15.3. The maximum absolute atomic E-state index is 15.3. The Balaban J connectivity index is 1.99. The van der Waals surface area contributed by atoms with Crippen molar-refractivity contribution in [3.05, 3.63) is 114 Å². The van der Waals surface area contributed by atoms with Crippen molar-refractivity contribution in [1.29, 1.82) is 0 Å². The van der Waals surface area contributed by atoms with E-state index in [0.29, 0.717) is 5.01 Å². The van der Waals surface area contributed by atoms with Gasteiger partial charge in [0.1, 0.15) is 12.1 Å². The number of aliphatic hydroxyl groups is 1. The van der Waals surface area contributed by atoms with Crippen LogP contribution in [-0.4, -0.2) is 74.0 Å². The highest BCUT2D eigenvalue weighted by Crippen LogP contribution is 2.49. The fraction of sp³-hybridized carbons (Fsp3) is 0.324. The van der Waals surface area contributed by atoms with Gasteiger partial charge < -0.3 is 5.11 Å². The fourth-order valence-electron chi connectivity index (χ4n) is 5.51. The third-order valence-corrected chi connectivity index (χ3v) is 7.86. The lowest BCUT2D eigenvalue weighted by molar-refractivity contribution is -0.375. The van der Waals surface area contributed by atoms with Crippen molar-refractivity contribution in [3.8, 4) is 0 Å². The molecule has 14 heteroatoms. The average molecular weight is 680 g/mol. The minimum atomic E-state index is -6.78. The van der Waals surface area contributed by atoms with Crippen molar-refractivity contribution in [2.45, 2.75) is 63.4 Å². The predicted octanol–water partition coefficient (Wildman–Crippen LogP) is 6.56. The lowest BCUT2D eigenvalue weighted by Gasteiger charge is -2.49. The molecular formula is C34H32F7N3O4. The number of rotatable bonds is 10. The second-order valence-corrected chi connectivity index (χ2v) is 11.6. The summed E-state index contributed by atoms with van der Waals surface area (Å²) in [5, 5.41) is 11.8. The summed E-state index contributed by atoms with van der Waals surface area (Å²) >= 11 is 0. The van der Waals surface area contributed by atoms with Crippen LogP contribution in [0.2, 0.25) is 0 Å². The van der Waals surface area contributed by atoms with E-state index in [1.165, 1.54) is 72.9 Å². The summed E-state index contributed by atoms with van der Waals surface area (Å²) in [6, 6.07) is 18.3. The van der Waals surface area contributed by atoms with Crippen LogP contribution in [0.3, 0.4) is 0 Å². The molecule has 0 saturated carbocycles. The van der Waals surface area contributed by atoms with Crippen LogP contribution >= 0.6 is 0 Å². The van der Waals surface area contributed by atoms with Crippen LogP contribution in [0.5, 0.6) is 0 Å². The molecule has 0 aliphatic carbocycles. The van der Waals surface area contributed by atoms with Crippen LogP contribution in [0, 0.1) is 5.92 Å². The monoisotopic (exact) mass is 679 g/mol. The fourth-order valence-corrected chi connectivity index (χ4v) is 5.51. The zero-order valence-corrected chi connectivity index (χ0v) is 25.9. The van der Waals surface area contributed by atoms with Crippen LogP contribution in [-0.2, 0) is 16.0 Å². The smallest absolute Gasteiger partial charge is 0.384 e. The summed E-state index contributed by atoms with van der Waals surface area (Å²) in [6.45, 7) is 3.89. The number of carbonyl (C=O) groups is 3. The van der Waals surface area contributed by atoms with Gasteiger partial charge in [0, 0.05) is 24.3 Å². The quantitative estimate of drug-likeness (QED) is 0.246. The Morgan fingerprint density at radius 2 is 1.33 bits per heavy atom. The molecule has 1 aliphatic rings. The molecule has 0 aromatic heterocycles. The van der Waals surface area contributed by atoms with E-state index < -0.39 is 66.3 Å². The van der Waals surface area contributed by atoms with Gasteiger partial charge in [-0.3, -0.25) is 19.3 Å². The molecule has 4 rings (SSSR count). The number of amides is 3. The van der Waals surface area contributed by atoms with Crippen molar-refractivity contribution in [2.75, 3.05) is 0 Å². The zero-order chi connectivity index (χ0) is 35.6. The Bertz CT molecular complexity index is 1630. The lowest BCUT2D eigenvalue weighted by atomic mass is 9.92. The molecule has 3 amide bonds. The Hall–Kier alpha value is -4.72. The first-order chi connectivity index (χ1) is 22.4. The number of hydrazine groups is 1. The average Bonchev–Trinajstić information content (AvgIpc) is 3.04. The second kappa shape index (κ2) is 13.8. The lowest BCUT2D eigenvalue weighted by Crippen LogP contribution is -2.68. The van der Waals surface area contributed by atoms with Crippen LogP contribution in [0.4, 0.5) is 30.7 Å². The summed E-state index contributed by atoms with van der Waals surface area (Å²) in [4.78, 5) is 42.8. The van der Waals surface area contributed by atoms with Gasteiger partial charge in [0.25, 0.3) is 11.8 Å². The van der Waals surface area contributed by atoms with Gasteiger partial charge in [-0.15, -0.1) is 0 Å². The van der Waals surface area contributed by atoms with Gasteiger partial charge in [0.05, 0.1) is 11.7 Å². The number of nitrogens with zero attached hydrogens (tertiary/aromatic N) is 3. The molecule has 0 bridgehead atoms. The summed E-state index contributed by atoms with van der Waals surface area (Å²) < 4.78 is 99.2. The standard InChI is InChI=1S/C34H32F7N3O4/c1-21(2)28-31(48)44(27(24-15-9-5-10-16-24)20-42(28)30(47)25-17-11-6-12-18-25)43(22(3)45)26(19-23-13-7-4-8-14-23)29(46)32(35,36)33(37,38)34(39,40)41/h4-18,20-21,26,28-29,46H,19H2,1-3H3. The highest BCUT2D eigenvalue weighted by atomic mass is 19.4. The Morgan fingerprint density at radius 1 is 0.833 bits per heavy atom.